The maximum absolute atomic E-state index is 12.1. The van der Waals surface area contributed by atoms with Crippen LogP contribution in [0.2, 0.25) is 0 Å². The molecule has 2 rings (SSSR count). The quantitative estimate of drug-likeness (QED) is 0.596. The van der Waals surface area contributed by atoms with Gasteiger partial charge in [0.25, 0.3) is 5.91 Å². The molecule has 7 heteroatoms. The summed E-state index contributed by atoms with van der Waals surface area (Å²) in [7, 11) is 0. The lowest BCUT2D eigenvalue weighted by atomic mass is 10.0. The number of nitrogens with zero attached hydrogens (tertiary/aromatic N) is 3. The first-order valence-electron chi connectivity index (χ1n) is 9.90. The number of amides is 1. The highest BCUT2D eigenvalue weighted by molar-refractivity contribution is 5.93. The van der Waals surface area contributed by atoms with Gasteiger partial charge in [-0.25, -0.2) is 5.48 Å². The first kappa shape index (κ1) is 22.9. The Kier molecular flexibility index (Phi) is 7.84. The van der Waals surface area contributed by atoms with Gasteiger partial charge in [-0.1, -0.05) is 13.0 Å². The summed E-state index contributed by atoms with van der Waals surface area (Å²) >= 11 is 0. The van der Waals surface area contributed by atoms with Crippen molar-refractivity contribution in [1.82, 2.24) is 20.3 Å². The molecule has 0 fully saturated rings. The Hall–Kier alpha value is -2.35. The molecule has 0 saturated carbocycles. The fourth-order valence-corrected chi connectivity index (χ4v) is 2.71. The number of pyridine rings is 2. The molecule has 1 amide bonds. The fraction of sp³-hybridized carbons (Fsp3) is 0.500. The molecule has 2 aromatic heterocycles. The lowest BCUT2D eigenvalue weighted by Crippen LogP contribution is -2.39. The largest absolute Gasteiger partial charge is 0.384 e. The van der Waals surface area contributed by atoms with Crippen LogP contribution in [0.5, 0.6) is 0 Å². The molecule has 0 aliphatic heterocycles. The van der Waals surface area contributed by atoms with E-state index >= 15 is 0 Å². The Labute approximate surface area is 173 Å². The van der Waals surface area contributed by atoms with Crippen LogP contribution in [-0.4, -0.2) is 44.6 Å². The molecule has 0 radical (unpaired) electrons. The first-order valence-corrected chi connectivity index (χ1v) is 9.90. The minimum absolute atomic E-state index is 0.314. The molecule has 0 unspecified atom stereocenters. The van der Waals surface area contributed by atoms with Gasteiger partial charge in [-0.3, -0.25) is 24.5 Å². The zero-order valence-electron chi connectivity index (χ0n) is 18.0. The van der Waals surface area contributed by atoms with Gasteiger partial charge in [-0.05, 0) is 64.9 Å². The highest BCUT2D eigenvalue weighted by Gasteiger charge is 2.23. The van der Waals surface area contributed by atoms with Crippen LogP contribution < -0.4 is 5.48 Å². The Bertz CT molecular complexity index is 788. The summed E-state index contributed by atoms with van der Waals surface area (Å²) in [5.74, 6) is -0.314. The minimum atomic E-state index is -0.963. The molecule has 2 aromatic rings. The Morgan fingerprint density at radius 3 is 2.59 bits per heavy atom. The molecular formula is C22H32N4O3. The van der Waals surface area contributed by atoms with Gasteiger partial charge in [0.05, 0.1) is 22.6 Å². The number of hydroxylamine groups is 1. The maximum atomic E-state index is 12.1. The van der Waals surface area contributed by atoms with Crippen LogP contribution in [0.4, 0.5) is 0 Å². The molecule has 0 bridgehead atoms. The van der Waals surface area contributed by atoms with E-state index in [-0.39, 0.29) is 5.91 Å². The average molecular weight is 401 g/mol. The van der Waals surface area contributed by atoms with Crippen LogP contribution in [0.3, 0.4) is 0 Å². The zero-order valence-corrected chi connectivity index (χ0v) is 18.0. The highest BCUT2D eigenvalue weighted by atomic mass is 16.7. The van der Waals surface area contributed by atoms with Crippen LogP contribution >= 0.6 is 0 Å². The third-order valence-corrected chi connectivity index (χ3v) is 4.64. The van der Waals surface area contributed by atoms with Gasteiger partial charge >= 0.3 is 0 Å². The van der Waals surface area contributed by atoms with Crippen LogP contribution in [0.25, 0.3) is 0 Å². The van der Waals surface area contributed by atoms with Gasteiger partial charge in [-0.15, -0.1) is 0 Å². The molecule has 2 N–H and O–H groups in total. The number of carbonyl (C=O) groups excluding carboxylic acids is 1. The average Bonchev–Trinajstić information content (AvgIpc) is 2.69. The monoisotopic (exact) mass is 400 g/mol. The van der Waals surface area contributed by atoms with Crippen LogP contribution in [-0.2, 0) is 17.0 Å². The topological polar surface area (TPSA) is 87.6 Å². The predicted molar refractivity (Wildman–Crippen MR) is 112 cm³/mol. The van der Waals surface area contributed by atoms with Crippen molar-refractivity contribution in [3.8, 4) is 0 Å². The molecule has 7 nitrogen and oxygen atoms in total. The molecule has 0 atom stereocenters. The van der Waals surface area contributed by atoms with E-state index in [0.717, 1.165) is 25.2 Å². The van der Waals surface area contributed by atoms with Gasteiger partial charge < -0.3 is 5.11 Å². The summed E-state index contributed by atoms with van der Waals surface area (Å²) in [5.41, 5.74) is 3.05. The van der Waals surface area contributed by atoms with Crippen LogP contribution in [0.15, 0.2) is 42.7 Å². The number of aliphatic hydroxyl groups is 1. The molecule has 29 heavy (non-hydrogen) atoms. The minimum Gasteiger partial charge on any atom is -0.384 e. The van der Waals surface area contributed by atoms with Crippen molar-refractivity contribution in [2.45, 2.75) is 58.8 Å². The second-order valence-corrected chi connectivity index (χ2v) is 8.23. The molecule has 0 aromatic carbocycles. The molecule has 0 aliphatic carbocycles. The van der Waals surface area contributed by atoms with E-state index < -0.39 is 11.2 Å². The standard InChI is InChI=1S/C22H32N4O3/c1-6-26(16-18-10-7-11-19(24-18)22(4,5)28)14-12-21(2,3)29-25-20(27)17-9-8-13-23-15-17/h7-11,13,15,28H,6,12,14,16H2,1-5H3,(H,25,27). The summed E-state index contributed by atoms with van der Waals surface area (Å²) in [6.45, 7) is 11.8. The molecule has 0 aliphatic rings. The number of hydrogen-bond donors (Lipinski definition) is 2. The third-order valence-electron chi connectivity index (χ3n) is 4.64. The van der Waals surface area contributed by atoms with Gasteiger partial charge in [0, 0.05) is 25.5 Å². The van der Waals surface area contributed by atoms with E-state index in [1.165, 1.54) is 6.20 Å². The number of nitrogens with one attached hydrogen (secondary N) is 1. The predicted octanol–water partition coefficient (Wildman–Crippen LogP) is 3.06. The number of aromatic nitrogens is 2. The summed E-state index contributed by atoms with van der Waals surface area (Å²) in [4.78, 5) is 28.6. The normalized spacial score (nSPS) is 12.2. The molecule has 0 saturated heterocycles. The molecule has 0 spiro atoms. The molecule has 158 valence electrons. The van der Waals surface area contributed by atoms with Gasteiger partial charge in [-0.2, -0.15) is 0 Å². The van der Waals surface area contributed by atoms with Crippen molar-refractivity contribution in [2.75, 3.05) is 13.1 Å². The van der Waals surface area contributed by atoms with Crippen LogP contribution in [0.1, 0.15) is 62.8 Å². The van der Waals surface area contributed by atoms with Crippen molar-refractivity contribution < 1.29 is 14.7 Å². The van der Waals surface area contributed by atoms with Crippen LogP contribution in [0, 0.1) is 0 Å². The van der Waals surface area contributed by atoms with Crippen molar-refractivity contribution in [3.05, 3.63) is 59.7 Å². The van der Waals surface area contributed by atoms with Crippen molar-refractivity contribution >= 4 is 5.91 Å². The van der Waals surface area contributed by atoms with Crippen molar-refractivity contribution in [2.24, 2.45) is 0 Å². The van der Waals surface area contributed by atoms with Gasteiger partial charge in [0.1, 0.15) is 5.60 Å². The molecule has 2 heterocycles. The number of carbonyl (C=O) groups is 1. The van der Waals surface area contributed by atoms with E-state index in [9.17, 15) is 9.90 Å². The van der Waals surface area contributed by atoms with E-state index in [2.05, 4.69) is 27.3 Å². The van der Waals surface area contributed by atoms with Gasteiger partial charge in [0.15, 0.2) is 0 Å². The Morgan fingerprint density at radius 1 is 1.21 bits per heavy atom. The smallest absolute Gasteiger partial charge is 0.276 e. The molecular weight excluding hydrogens is 368 g/mol. The maximum Gasteiger partial charge on any atom is 0.276 e. The van der Waals surface area contributed by atoms with Crippen molar-refractivity contribution in [1.29, 1.82) is 0 Å². The summed E-state index contributed by atoms with van der Waals surface area (Å²) < 4.78 is 0. The van der Waals surface area contributed by atoms with E-state index in [1.807, 2.05) is 32.0 Å². The zero-order chi connectivity index (χ0) is 21.5. The number of rotatable bonds is 10. The van der Waals surface area contributed by atoms with Gasteiger partial charge in [0.2, 0.25) is 0 Å². The highest BCUT2D eigenvalue weighted by Crippen LogP contribution is 2.19. The summed E-state index contributed by atoms with van der Waals surface area (Å²) in [6.07, 6.45) is 3.84. The van der Waals surface area contributed by atoms with E-state index in [0.29, 0.717) is 17.8 Å². The second kappa shape index (κ2) is 9.91. The summed E-state index contributed by atoms with van der Waals surface area (Å²) in [6, 6.07) is 9.12. The lowest BCUT2D eigenvalue weighted by molar-refractivity contribution is -0.0781. The SMILES string of the molecule is CCN(CCC(C)(C)ONC(=O)c1cccnc1)Cc1cccc(C(C)(C)O)n1. The first-order chi connectivity index (χ1) is 13.6. The summed E-state index contributed by atoms with van der Waals surface area (Å²) in [5, 5.41) is 10.2. The number of hydrogen-bond acceptors (Lipinski definition) is 6. The fourth-order valence-electron chi connectivity index (χ4n) is 2.71. The van der Waals surface area contributed by atoms with E-state index in [1.54, 1.807) is 32.2 Å². The lowest BCUT2D eigenvalue weighted by Gasteiger charge is -2.28. The Balaban J connectivity index is 1.88. The van der Waals surface area contributed by atoms with Crippen molar-refractivity contribution in [3.63, 3.8) is 0 Å². The van der Waals surface area contributed by atoms with E-state index in [4.69, 9.17) is 4.84 Å². The third kappa shape index (κ3) is 7.53. The second-order valence-electron chi connectivity index (χ2n) is 8.23. The Morgan fingerprint density at radius 2 is 1.97 bits per heavy atom.